The molecule has 0 amide bonds. The number of aryl methyl sites for hydroxylation is 1. The lowest BCUT2D eigenvalue weighted by Gasteiger charge is -2.57. The van der Waals surface area contributed by atoms with Gasteiger partial charge < -0.3 is 20.1 Å². The Morgan fingerprint density at radius 3 is 2.71 bits per heavy atom. The molecule has 1 aromatic rings. The van der Waals surface area contributed by atoms with Crippen molar-refractivity contribution >= 4 is 0 Å². The van der Waals surface area contributed by atoms with Gasteiger partial charge in [0.25, 0.3) is 0 Å². The normalized spacial score (nSPS) is 33.2. The standard InChI is InChI=1S/C20H32N2O2/c1-13(2)19-20(12-22(19)4)9-16(17(23)10-20)21-11-15-6-7-18(24-5)14(3)8-15/h6-8,13,16-17,19,21,23H,9-12H2,1-5H3/t16-,17-,19?,20?/m1/s1. The molecule has 0 radical (unpaired) electrons. The van der Waals surface area contributed by atoms with Crippen molar-refractivity contribution in [2.24, 2.45) is 11.3 Å². The van der Waals surface area contributed by atoms with Crippen LogP contribution in [0.2, 0.25) is 0 Å². The summed E-state index contributed by atoms with van der Waals surface area (Å²) < 4.78 is 5.32. The maximum absolute atomic E-state index is 10.6. The van der Waals surface area contributed by atoms with E-state index in [9.17, 15) is 5.11 Å². The summed E-state index contributed by atoms with van der Waals surface area (Å²) in [5.74, 6) is 1.56. The van der Waals surface area contributed by atoms with Crippen LogP contribution >= 0.6 is 0 Å². The van der Waals surface area contributed by atoms with Crippen LogP contribution in [0.3, 0.4) is 0 Å². The lowest BCUT2D eigenvalue weighted by Crippen LogP contribution is -2.64. The van der Waals surface area contributed by atoms with E-state index in [2.05, 4.69) is 50.2 Å². The highest BCUT2D eigenvalue weighted by molar-refractivity contribution is 5.36. The highest BCUT2D eigenvalue weighted by Gasteiger charge is 2.57. The summed E-state index contributed by atoms with van der Waals surface area (Å²) in [5.41, 5.74) is 2.70. The minimum absolute atomic E-state index is 0.197. The molecule has 0 bridgehead atoms. The zero-order valence-corrected chi connectivity index (χ0v) is 15.7. The number of hydrogen-bond donors (Lipinski definition) is 2. The summed E-state index contributed by atoms with van der Waals surface area (Å²) in [4.78, 5) is 2.45. The van der Waals surface area contributed by atoms with Gasteiger partial charge in [0, 0.05) is 30.6 Å². The molecule has 1 aliphatic heterocycles. The van der Waals surface area contributed by atoms with Crippen LogP contribution < -0.4 is 10.1 Å². The Morgan fingerprint density at radius 1 is 1.38 bits per heavy atom. The van der Waals surface area contributed by atoms with E-state index in [1.807, 2.05) is 6.07 Å². The van der Waals surface area contributed by atoms with Gasteiger partial charge >= 0.3 is 0 Å². The predicted octanol–water partition coefficient (Wildman–Crippen LogP) is 2.57. The minimum atomic E-state index is -0.237. The van der Waals surface area contributed by atoms with Crippen molar-refractivity contribution in [2.45, 2.75) is 58.3 Å². The van der Waals surface area contributed by atoms with Gasteiger partial charge in [0.15, 0.2) is 0 Å². The van der Waals surface area contributed by atoms with Crippen LogP contribution in [0.1, 0.15) is 37.8 Å². The van der Waals surface area contributed by atoms with E-state index < -0.39 is 0 Å². The second-order valence-corrected chi connectivity index (χ2v) is 8.23. The average Bonchev–Trinajstić information content (AvgIpc) is 2.82. The molecule has 24 heavy (non-hydrogen) atoms. The summed E-state index contributed by atoms with van der Waals surface area (Å²) >= 11 is 0. The van der Waals surface area contributed by atoms with Crippen molar-refractivity contribution in [3.05, 3.63) is 29.3 Å². The first-order valence-electron chi connectivity index (χ1n) is 9.11. The molecule has 2 N–H and O–H groups in total. The Labute approximate surface area is 146 Å². The molecule has 1 aromatic carbocycles. The van der Waals surface area contributed by atoms with E-state index in [0.29, 0.717) is 17.4 Å². The van der Waals surface area contributed by atoms with Crippen LogP contribution in [0.4, 0.5) is 0 Å². The third-order valence-corrected chi connectivity index (χ3v) is 6.03. The summed E-state index contributed by atoms with van der Waals surface area (Å²) in [6.07, 6.45) is 1.77. The van der Waals surface area contributed by atoms with Gasteiger partial charge in [-0.3, -0.25) is 0 Å². The molecule has 2 aliphatic rings. The molecule has 2 unspecified atom stereocenters. The quantitative estimate of drug-likeness (QED) is 0.870. The Bertz CT molecular complexity index is 584. The van der Waals surface area contributed by atoms with Gasteiger partial charge in [-0.15, -0.1) is 0 Å². The van der Waals surface area contributed by atoms with Crippen molar-refractivity contribution in [1.29, 1.82) is 0 Å². The summed E-state index contributed by atoms with van der Waals surface area (Å²) in [7, 11) is 3.92. The van der Waals surface area contributed by atoms with Gasteiger partial charge in [-0.25, -0.2) is 0 Å². The SMILES string of the molecule is COc1ccc(CN[C@@H]2CC3(C[C@H]2O)CN(C)C3C(C)C)cc1C. The maximum Gasteiger partial charge on any atom is 0.121 e. The van der Waals surface area contributed by atoms with Crippen molar-refractivity contribution < 1.29 is 9.84 Å². The molecule has 1 spiro atoms. The van der Waals surface area contributed by atoms with Gasteiger partial charge in [-0.05, 0) is 49.9 Å². The Kier molecular flexibility index (Phi) is 4.92. The highest BCUT2D eigenvalue weighted by atomic mass is 16.5. The minimum Gasteiger partial charge on any atom is -0.496 e. The van der Waals surface area contributed by atoms with Gasteiger partial charge in [0.2, 0.25) is 0 Å². The molecular formula is C20H32N2O2. The molecule has 1 saturated carbocycles. The molecule has 1 aliphatic carbocycles. The highest BCUT2D eigenvalue weighted by Crippen LogP contribution is 2.52. The molecule has 0 aromatic heterocycles. The molecule has 1 heterocycles. The lowest BCUT2D eigenvalue weighted by molar-refractivity contribution is -0.0828. The van der Waals surface area contributed by atoms with Crippen molar-refractivity contribution in [1.82, 2.24) is 10.2 Å². The van der Waals surface area contributed by atoms with E-state index >= 15 is 0 Å². The Balaban J connectivity index is 1.62. The molecule has 4 heteroatoms. The van der Waals surface area contributed by atoms with Crippen LogP contribution in [0.25, 0.3) is 0 Å². The number of hydrogen-bond acceptors (Lipinski definition) is 4. The molecule has 4 atom stereocenters. The molecule has 4 nitrogen and oxygen atoms in total. The second kappa shape index (κ2) is 6.66. The number of benzene rings is 1. The van der Waals surface area contributed by atoms with Gasteiger partial charge in [-0.1, -0.05) is 26.0 Å². The number of ether oxygens (including phenoxy) is 1. The fourth-order valence-corrected chi connectivity index (χ4v) is 5.35. The number of nitrogens with one attached hydrogen (secondary N) is 1. The smallest absolute Gasteiger partial charge is 0.121 e. The molecular weight excluding hydrogens is 300 g/mol. The zero-order valence-electron chi connectivity index (χ0n) is 15.7. The third kappa shape index (κ3) is 3.07. The van der Waals surface area contributed by atoms with E-state index in [1.54, 1.807) is 7.11 Å². The van der Waals surface area contributed by atoms with Crippen LogP contribution in [0.5, 0.6) is 5.75 Å². The van der Waals surface area contributed by atoms with E-state index in [1.165, 1.54) is 5.56 Å². The monoisotopic (exact) mass is 332 g/mol. The summed E-state index contributed by atoms with van der Waals surface area (Å²) in [5, 5.41) is 14.2. The van der Waals surface area contributed by atoms with Crippen molar-refractivity contribution in [3.63, 3.8) is 0 Å². The first-order chi connectivity index (χ1) is 11.4. The Morgan fingerprint density at radius 2 is 2.12 bits per heavy atom. The average molecular weight is 332 g/mol. The third-order valence-electron chi connectivity index (χ3n) is 6.03. The van der Waals surface area contributed by atoms with Crippen LogP contribution in [0.15, 0.2) is 18.2 Å². The summed E-state index contributed by atoms with van der Waals surface area (Å²) in [6, 6.07) is 7.08. The second-order valence-electron chi connectivity index (χ2n) is 8.23. The van der Waals surface area contributed by atoms with Crippen molar-refractivity contribution in [2.75, 3.05) is 20.7 Å². The van der Waals surface area contributed by atoms with Crippen LogP contribution in [-0.4, -0.2) is 48.9 Å². The number of aliphatic hydroxyl groups is 1. The lowest BCUT2D eigenvalue weighted by atomic mass is 9.66. The van der Waals surface area contributed by atoms with Crippen LogP contribution in [-0.2, 0) is 6.54 Å². The fourth-order valence-electron chi connectivity index (χ4n) is 5.35. The predicted molar refractivity (Wildman–Crippen MR) is 97.3 cm³/mol. The van der Waals surface area contributed by atoms with Crippen LogP contribution in [0, 0.1) is 18.3 Å². The number of methoxy groups -OCH3 is 1. The fraction of sp³-hybridized carbons (Fsp3) is 0.700. The first-order valence-corrected chi connectivity index (χ1v) is 9.11. The molecule has 1 saturated heterocycles. The molecule has 2 fully saturated rings. The zero-order chi connectivity index (χ0) is 17.5. The maximum atomic E-state index is 10.6. The van der Waals surface area contributed by atoms with E-state index in [4.69, 9.17) is 4.74 Å². The van der Waals surface area contributed by atoms with Gasteiger partial charge in [0.05, 0.1) is 13.2 Å². The molecule has 3 rings (SSSR count). The Hall–Kier alpha value is -1.10. The number of aliphatic hydroxyl groups excluding tert-OH is 1. The number of rotatable bonds is 5. The van der Waals surface area contributed by atoms with Gasteiger partial charge in [-0.2, -0.15) is 0 Å². The first kappa shape index (κ1) is 17.7. The van der Waals surface area contributed by atoms with Gasteiger partial charge in [0.1, 0.15) is 5.75 Å². The number of nitrogens with zero attached hydrogens (tertiary/aromatic N) is 1. The number of likely N-dealkylation sites (tertiary alicyclic amines) is 1. The van der Waals surface area contributed by atoms with Crippen molar-refractivity contribution in [3.8, 4) is 5.75 Å². The van der Waals surface area contributed by atoms with E-state index in [0.717, 1.165) is 37.2 Å². The largest absolute Gasteiger partial charge is 0.496 e. The summed E-state index contributed by atoms with van der Waals surface area (Å²) in [6.45, 7) is 8.58. The molecule has 134 valence electrons. The topological polar surface area (TPSA) is 44.7 Å². The van der Waals surface area contributed by atoms with E-state index in [-0.39, 0.29) is 12.1 Å².